The summed E-state index contributed by atoms with van der Waals surface area (Å²) >= 11 is 0. The third-order valence-electron chi connectivity index (χ3n) is 12.0. The summed E-state index contributed by atoms with van der Waals surface area (Å²) in [6.07, 6.45) is 0. The fourth-order valence-electron chi connectivity index (χ4n) is 9.27. The van der Waals surface area contributed by atoms with Gasteiger partial charge in [-0.05, 0) is 146 Å². The van der Waals surface area contributed by atoms with Crippen molar-refractivity contribution in [1.29, 1.82) is 0 Å². The van der Waals surface area contributed by atoms with Gasteiger partial charge in [0.1, 0.15) is 0 Å². The minimum Gasteiger partial charge on any atom is -0.0616 e. The lowest BCUT2D eigenvalue weighted by atomic mass is 9.80. The van der Waals surface area contributed by atoms with E-state index in [0.717, 1.165) is 0 Å². The number of hydrogen-bond donors (Lipinski definition) is 0. The molecule has 0 bridgehead atoms. The summed E-state index contributed by atoms with van der Waals surface area (Å²) in [5.74, 6) is 0. The molecular weight excluding hydrogens is 637 g/mol. The van der Waals surface area contributed by atoms with E-state index < -0.39 is 0 Å². The lowest BCUT2D eigenvalue weighted by molar-refractivity contribution is 0.661. The first kappa shape index (κ1) is 30.2. The molecule has 0 aliphatic heterocycles. The van der Waals surface area contributed by atoms with Crippen molar-refractivity contribution in [3.8, 4) is 44.5 Å². The molecule has 0 unspecified atom stereocenters. The zero-order valence-electron chi connectivity index (χ0n) is 29.8. The first-order valence-electron chi connectivity index (χ1n) is 18.7. The van der Waals surface area contributed by atoms with Gasteiger partial charge in [0.2, 0.25) is 0 Å². The highest BCUT2D eigenvalue weighted by Gasteiger charge is 2.36. The summed E-state index contributed by atoms with van der Waals surface area (Å²) in [6, 6.07) is 68.1. The molecule has 53 heavy (non-hydrogen) atoms. The molecule has 0 saturated carbocycles. The van der Waals surface area contributed by atoms with Gasteiger partial charge in [0.05, 0.1) is 0 Å². The Morgan fingerprint density at radius 2 is 0.717 bits per heavy atom. The molecule has 10 aromatic carbocycles. The van der Waals surface area contributed by atoms with E-state index in [4.69, 9.17) is 0 Å². The Morgan fingerprint density at radius 3 is 1.34 bits per heavy atom. The lowest BCUT2D eigenvalue weighted by Gasteiger charge is -2.23. The molecule has 0 spiro atoms. The summed E-state index contributed by atoms with van der Waals surface area (Å²) in [4.78, 5) is 0. The van der Waals surface area contributed by atoms with Crippen LogP contribution in [0.2, 0.25) is 0 Å². The number of rotatable bonds is 3. The van der Waals surface area contributed by atoms with E-state index in [2.05, 4.69) is 196 Å². The van der Waals surface area contributed by atoms with Gasteiger partial charge in [0, 0.05) is 5.41 Å². The maximum atomic E-state index is 2.46. The van der Waals surface area contributed by atoms with Crippen molar-refractivity contribution in [3.63, 3.8) is 0 Å². The fraction of sp³-hybridized carbons (Fsp3) is 0.0566. The highest BCUT2D eigenvalue weighted by atomic mass is 14.4. The summed E-state index contributed by atoms with van der Waals surface area (Å²) in [5, 5.41) is 12.7. The lowest BCUT2D eigenvalue weighted by Crippen LogP contribution is -2.15. The largest absolute Gasteiger partial charge is 0.0616 e. The Kier molecular flexibility index (Phi) is 6.40. The standard InChI is InChI=1S/C53H36/c1-53(2)49-32-40(23-25-43(49)47-29-37-15-7-8-16-38(37)31-50(47)53)39-24-26-46-48(30-39)52(42-22-20-34-12-4-6-14-36(34)28-42)45-18-10-9-17-44(45)51(46)41-21-19-33-11-3-5-13-35(33)27-41/h3-32H,1-2H3. The summed E-state index contributed by atoms with van der Waals surface area (Å²) in [6.45, 7) is 4.77. The van der Waals surface area contributed by atoms with Crippen LogP contribution in [0.15, 0.2) is 182 Å². The van der Waals surface area contributed by atoms with Gasteiger partial charge in [-0.15, -0.1) is 0 Å². The maximum absolute atomic E-state index is 2.46. The van der Waals surface area contributed by atoms with E-state index in [-0.39, 0.29) is 5.41 Å². The van der Waals surface area contributed by atoms with Crippen molar-refractivity contribution in [2.45, 2.75) is 19.3 Å². The molecule has 0 aromatic heterocycles. The number of benzene rings is 10. The van der Waals surface area contributed by atoms with E-state index in [1.54, 1.807) is 0 Å². The molecule has 0 atom stereocenters. The molecule has 0 heteroatoms. The van der Waals surface area contributed by atoms with Crippen LogP contribution in [0.4, 0.5) is 0 Å². The van der Waals surface area contributed by atoms with E-state index in [1.807, 2.05) is 0 Å². The molecular formula is C53H36. The molecule has 0 N–H and O–H groups in total. The molecule has 0 amide bonds. The summed E-state index contributed by atoms with van der Waals surface area (Å²) < 4.78 is 0. The number of hydrogen-bond acceptors (Lipinski definition) is 0. The van der Waals surface area contributed by atoms with Crippen molar-refractivity contribution in [1.82, 2.24) is 0 Å². The SMILES string of the molecule is CC1(C)c2cc(-c3ccc4c(-c5ccc6ccccc6c5)c5ccccc5c(-c5ccc6ccccc6c5)c4c3)ccc2-c2cc3ccccc3cc21. The van der Waals surface area contributed by atoms with Crippen molar-refractivity contribution >= 4 is 53.9 Å². The quantitative estimate of drug-likeness (QED) is 0.164. The zero-order valence-corrected chi connectivity index (χ0v) is 29.8. The second kappa shape index (κ2) is 11.2. The third-order valence-corrected chi connectivity index (χ3v) is 12.0. The Bertz CT molecular complexity index is 3140. The van der Waals surface area contributed by atoms with Gasteiger partial charge < -0.3 is 0 Å². The summed E-state index contributed by atoms with van der Waals surface area (Å²) in [5.41, 5.74) is 13.0. The van der Waals surface area contributed by atoms with Crippen molar-refractivity contribution in [3.05, 3.63) is 193 Å². The van der Waals surface area contributed by atoms with Crippen molar-refractivity contribution in [2.24, 2.45) is 0 Å². The molecule has 248 valence electrons. The monoisotopic (exact) mass is 672 g/mol. The van der Waals surface area contributed by atoms with Gasteiger partial charge in [-0.1, -0.05) is 159 Å². The van der Waals surface area contributed by atoms with Gasteiger partial charge in [0.15, 0.2) is 0 Å². The third kappa shape index (κ3) is 4.55. The van der Waals surface area contributed by atoms with Gasteiger partial charge >= 0.3 is 0 Å². The van der Waals surface area contributed by atoms with E-state index in [1.165, 1.54) is 109 Å². The Morgan fingerprint density at radius 1 is 0.283 bits per heavy atom. The van der Waals surface area contributed by atoms with Gasteiger partial charge in [-0.25, -0.2) is 0 Å². The highest BCUT2D eigenvalue weighted by molar-refractivity contribution is 6.22. The topological polar surface area (TPSA) is 0 Å². The Hall–Kier alpha value is -6.50. The van der Waals surface area contributed by atoms with Crippen LogP contribution in [-0.4, -0.2) is 0 Å². The van der Waals surface area contributed by atoms with Crippen LogP contribution < -0.4 is 0 Å². The van der Waals surface area contributed by atoms with Gasteiger partial charge in [0.25, 0.3) is 0 Å². The van der Waals surface area contributed by atoms with Gasteiger partial charge in [-0.3, -0.25) is 0 Å². The molecule has 0 heterocycles. The van der Waals surface area contributed by atoms with Crippen LogP contribution in [-0.2, 0) is 5.41 Å². The minimum atomic E-state index is -0.0999. The Labute approximate surface area is 309 Å². The average Bonchev–Trinajstić information content (AvgIpc) is 3.42. The minimum absolute atomic E-state index is 0.0999. The average molecular weight is 673 g/mol. The fourth-order valence-corrected chi connectivity index (χ4v) is 9.27. The van der Waals surface area contributed by atoms with Gasteiger partial charge in [-0.2, -0.15) is 0 Å². The predicted molar refractivity (Wildman–Crippen MR) is 228 cm³/mol. The van der Waals surface area contributed by atoms with Crippen LogP contribution in [0.25, 0.3) is 98.4 Å². The van der Waals surface area contributed by atoms with Crippen LogP contribution >= 0.6 is 0 Å². The zero-order chi connectivity index (χ0) is 35.3. The van der Waals surface area contributed by atoms with E-state index >= 15 is 0 Å². The molecule has 1 aliphatic carbocycles. The second-order valence-corrected chi connectivity index (χ2v) is 15.3. The molecule has 0 nitrogen and oxygen atoms in total. The smallest absolute Gasteiger partial charge is 0.0159 e. The molecule has 1 aliphatic rings. The highest BCUT2D eigenvalue weighted by Crippen LogP contribution is 2.51. The molecule has 0 radical (unpaired) electrons. The van der Waals surface area contributed by atoms with Crippen LogP contribution in [0.3, 0.4) is 0 Å². The predicted octanol–water partition coefficient (Wildman–Crippen LogP) is 14.8. The van der Waals surface area contributed by atoms with Crippen LogP contribution in [0.1, 0.15) is 25.0 Å². The van der Waals surface area contributed by atoms with Crippen molar-refractivity contribution in [2.75, 3.05) is 0 Å². The first-order chi connectivity index (χ1) is 26.0. The Balaban J connectivity index is 1.18. The molecule has 0 fully saturated rings. The normalized spacial score (nSPS) is 13.2. The molecule has 10 aromatic rings. The summed E-state index contributed by atoms with van der Waals surface area (Å²) in [7, 11) is 0. The maximum Gasteiger partial charge on any atom is 0.0159 e. The van der Waals surface area contributed by atoms with Crippen molar-refractivity contribution < 1.29 is 0 Å². The van der Waals surface area contributed by atoms with E-state index in [0.29, 0.717) is 0 Å². The molecule has 0 saturated heterocycles. The van der Waals surface area contributed by atoms with Crippen LogP contribution in [0, 0.1) is 0 Å². The number of fused-ring (bicyclic) bond motifs is 8. The second-order valence-electron chi connectivity index (χ2n) is 15.3. The van der Waals surface area contributed by atoms with Crippen LogP contribution in [0.5, 0.6) is 0 Å². The van der Waals surface area contributed by atoms with E-state index in [9.17, 15) is 0 Å². The first-order valence-corrected chi connectivity index (χ1v) is 18.7. The molecule has 11 rings (SSSR count).